The van der Waals surface area contributed by atoms with Gasteiger partial charge in [-0.25, -0.2) is 0 Å². The van der Waals surface area contributed by atoms with E-state index in [1.54, 1.807) is 0 Å². The number of rotatable bonds is 16. The van der Waals surface area contributed by atoms with Crippen molar-refractivity contribution in [3.05, 3.63) is 35.9 Å². The molecular formula is C22H39N. The third kappa shape index (κ3) is 13.3. The molecule has 0 bridgehead atoms. The highest BCUT2D eigenvalue weighted by Gasteiger charge is 1.94. The van der Waals surface area contributed by atoms with Crippen LogP contribution in [0.4, 0.5) is 0 Å². The van der Waals surface area contributed by atoms with Crippen molar-refractivity contribution < 1.29 is 0 Å². The summed E-state index contributed by atoms with van der Waals surface area (Å²) in [5.41, 5.74) is 1.39. The van der Waals surface area contributed by atoms with Crippen LogP contribution in [-0.4, -0.2) is 6.54 Å². The van der Waals surface area contributed by atoms with Crippen LogP contribution in [0, 0.1) is 0 Å². The van der Waals surface area contributed by atoms with Gasteiger partial charge in [-0.3, -0.25) is 0 Å². The molecule has 0 heterocycles. The fourth-order valence-electron chi connectivity index (χ4n) is 3.10. The highest BCUT2D eigenvalue weighted by atomic mass is 14.8. The molecule has 1 rings (SSSR count). The minimum atomic E-state index is 1.01. The maximum Gasteiger partial charge on any atom is 0.0205 e. The molecule has 0 radical (unpaired) electrons. The molecule has 0 spiro atoms. The molecule has 0 aromatic heterocycles. The lowest BCUT2D eigenvalue weighted by molar-refractivity contribution is 0.532. The van der Waals surface area contributed by atoms with E-state index in [1.807, 2.05) is 0 Å². The Labute approximate surface area is 145 Å². The molecule has 0 aliphatic carbocycles. The summed E-state index contributed by atoms with van der Waals surface area (Å²) < 4.78 is 0. The van der Waals surface area contributed by atoms with Gasteiger partial charge in [-0.05, 0) is 18.5 Å². The maximum absolute atomic E-state index is 3.54. The molecule has 1 N–H and O–H groups in total. The van der Waals surface area contributed by atoms with Crippen LogP contribution in [0.15, 0.2) is 30.3 Å². The number of nitrogens with one attached hydrogen (secondary N) is 1. The zero-order chi connectivity index (χ0) is 16.4. The van der Waals surface area contributed by atoms with Crippen LogP contribution in [0.2, 0.25) is 0 Å². The Balaban J connectivity index is 1.72. The second-order valence-corrected chi connectivity index (χ2v) is 6.91. The molecule has 23 heavy (non-hydrogen) atoms. The number of unbranched alkanes of at least 4 members (excludes halogenated alkanes) is 12. The van der Waals surface area contributed by atoms with E-state index in [9.17, 15) is 0 Å². The molecule has 1 heteroatoms. The van der Waals surface area contributed by atoms with Crippen molar-refractivity contribution >= 4 is 0 Å². The van der Waals surface area contributed by atoms with Gasteiger partial charge in [0.15, 0.2) is 0 Å². The van der Waals surface area contributed by atoms with Gasteiger partial charge in [0.2, 0.25) is 0 Å². The average Bonchev–Trinajstić information content (AvgIpc) is 2.59. The fraction of sp³-hybridized carbons (Fsp3) is 0.727. The molecule has 0 saturated heterocycles. The SMILES string of the molecule is CCCCCCCCCCCCCCCNCc1ccccc1. The molecule has 132 valence electrons. The van der Waals surface area contributed by atoms with Crippen molar-refractivity contribution in [2.45, 2.75) is 96.9 Å². The summed E-state index contributed by atoms with van der Waals surface area (Å²) in [5.74, 6) is 0. The Morgan fingerprint density at radius 2 is 1.09 bits per heavy atom. The first-order valence-electron chi connectivity index (χ1n) is 10.2. The second-order valence-electron chi connectivity index (χ2n) is 6.91. The first-order chi connectivity index (χ1) is 11.4. The summed E-state index contributed by atoms with van der Waals surface area (Å²) in [7, 11) is 0. The summed E-state index contributed by atoms with van der Waals surface area (Å²) in [6.07, 6.45) is 18.6. The van der Waals surface area contributed by atoms with E-state index in [-0.39, 0.29) is 0 Å². The van der Waals surface area contributed by atoms with E-state index in [1.165, 1.54) is 89.0 Å². The monoisotopic (exact) mass is 317 g/mol. The van der Waals surface area contributed by atoms with Crippen LogP contribution < -0.4 is 5.32 Å². The first-order valence-corrected chi connectivity index (χ1v) is 10.2. The molecule has 0 unspecified atom stereocenters. The van der Waals surface area contributed by atoms with E-state index >= 15 is 0 Å². The van der Waals surface area contributed by atoms with E-state index in [0.29, 0.717) is 0 Å². The van der Waals surface area contributed by atoms with Crippen LogP contribution in [0.25, 0.3) is 0 Å². The van der Waals surface area contributed by atoms with Gasteiger partial charge in [0.05, 0.1) is 0 Å². The third-order valence-corrected chi connectivity index (χ3v) is 4.63. The summed E-state index contributed by atoms with van der Waals surface area (Å²) in [4.78, 5) is 0. The molecule has 0 saturated carbocycles. The topological polar surface area (TPSA) is 12.0 Å². The first kappa shape index (κ1) is 20.2. The van der Waals surface area contributed by atoms with Crippen molar-refractivity contribution in [2.24, 2.45) is 0 Å². The minimum absolute atomic E-state index is 1.01. The van der Waals surface area contributed by atoms with Gasteiger partial charge in [-0.2, -0.15) is 0 Å². The fourth-order valence-corrected chi connectivity index (χ4v) is 3.10. The smallest absolute Gasteiger partial charge is 0.0205 e. The lowest BCUT2D eigenvalue weighted by Crippen LogP contribution is -2.14. The summed E-state index contributed by atoms with van der Waals surface area (Å²) in [6.45, 7) is 4.46. The molecule has 1 aromatic carbocycles. The lowest BCUT2D eigenvalue weighted by Gasteiger charge is -2.05. The number of hydrogen-bond acceptors (Lipinski definition) is 1. The van der Waals surface area contributed by atoms with Gasteiger partial charge in [0.1, 0.15) is 0 Å². The largest absolute Gasteiger partial charge is 0.313 e. The normalized spacial score (nSPS) is 11.0. The Hall–Kier alpha value is -0.820. The zero-order valence-corrected chi connectivity index (χ0v) is 15.5. The maximum atomic E-state index is 3.54. The Morgan fingerprint density at radius 1 is 0.609 bits per heavy atom. The lowest BCUT2D eigenvalue weighted by atomic mass is 10.0. The summed E-state index contributed by atoms with van der Waals surface area (Å²) >= 11 is 0. The van der Waals surface area contributed by atoms with Crippen LogP contribution in [0.3, 0.4) is 0 Å². The van der Waals surface area contributed by atoms with Crippen LogP contribution >= 0.6 is 0 Å². The molecule has 1 nitrogen and oxygen atoms in total. The molecule has 0 amide bonds. The Morgan fingerprint density at radius 3 is 1.61 bits per heavy atom. The second kappa shape index (κ2) is 16.1. The molecule has 0 aliphatic rings. The van der Waals surface area contributed by atoms with Gasteiger partial charge in [0.25, 0.3) is 0 Å². The Bertz CT molecular complexity index is 333. The van der Waals surface area contributed by atoms with Crippen molar-refractivity contribution in [1.29, 1.82) is 0 Å². The van der Waals surface area contributed by atoms with Crippen LogP contribution in [-0.2, 0) is 6.54 Å². The summed E-state index contributed by atoms with van der Waals surface area (Å²) in [5, 5.41) is 3.54. The molecule has 0 atom stereocenters. The quantitative estimate of drug-likeness (QED) is 0.328. The van der Waals surface area contributed by atoms with E-state index < -0.39 is 0 Å². The number of hydrogen-bond donors (Lipinski definition) is 1. The van der Waals surface area contributed by atoms with E-state index in [4.69, 9.17) is 0 Å². The molecule has 1 aromatic rings. The van der Waals surface area contributed by atoms with E-state index in [0.717, 1.165) is 13.1 Å². The highest BCUT2D eigenvalue weighted by Crippen LogP contribution is 2.12. The summed E-state index contributed by atoms with van der Waals surface area (Å²) in [6, 6.07) is 10.7. The van der Waals surface area contributed by atoms with Gasteiger partial charge < -0.3 is 5.32 Å². The molecule has 0 fully saturated rings. The van der Waals surface area contributed by atoms with Crippen molar-refractivity contribution in [3.8, 4) is 0 Å². The van der Waals surface area contributed by atoms with Crippen molar-refractivity contribution in [1.82, 2.24) is 5.32 Å². The van der Waals surface area contributed by atoms with Gasteiger partial charge in [0, 0.05) is 6.54 Å². The molecular weight excluding hydrogens is 278 g/mol. The average molecular weight is 318 g/mol. The minimum Gasteiger partial charge on any atom is -0.313 e. The van der Waals surface area contributed by atoms with Crippen molar-refractivity contribution in [2.75, 3.05) is 6.54 Å². The number of benzene rings is 1. The predicted molar refractivity (Wildman–Crippen MR) is 104 cm³/mol. The Kier molecular flexibility index (Phi) is 14.1. The van der Waals surface area contributed by atoms with Crippen LogP contribution in [0.5, 0.6) is 0 Å². The zero-order valence-electron chi connectivity index (χ0n) is 15.5. The van der Waals surface area contributed by atoms with Crippen LogP contribution in [0.1, 0.15) is 96.0 Å². The molecule has 0 aliphatic heterocycles. The standard InChI is InChI=1S/C22H39N/c1-2-3-4-5-6-7-8-9-10-11-12-13-17-20-23-21-22-18-15-14-16-19-22/h14-16,18-19,23H,2-13,17,20-21H2,1H3. The van der Waals surface area contributed by atoms with Crippen molar-refractivity contribution in [3.63, 3.8) is 0 Å². The van der Waals surface area contributed by atoms with E-state index in [2.05, 4.69) is 42.6 Å². The van der Waals surface area contributed by atoms with Gasteiger partial charge in [-0.15, -0.1) is 0 Å². The predicted octanol–water partition coefficient (Wildman–Crippen LogP) is 6.87. The third-order valence-electron chi connectivity index (χ3n) is 4.63. The van der Waals surface area contributed by atoms with Gasteiger partial charge in [-0.1, -0.05) is 114 Å². The van der Waals surface area contributed by atoms with Gasteiger partial charge >= 0.3 is 0 Å². The highest BCUT2D eigenvalue weighted by molar-refractivity contribution is 5.14.